The third-order valence-electron chi connectivity index (χ3n) is 4.97. The van der Waals surface area contributed by atoms with E-state index in [0.29, 0.717) is 11.4 Å². The van der Waals surface area contributed by atoms with Crippen molar-refractivity contribution >= 4 is 12.0 Å². The van der Waals surface area contributed by atoms with Crippen LogP contribution in [0.25, 0.3) is 6.08 Å². The van der Waals surface area contributed by atoms with Crippen molar-refractivity contribution < 1.29 is 31.8 Å². The fourth-order valence-electron chi connectivity index (χ4n) is 3.33. The van der Waals surface area contributed by atoms with Crippen LogP contribution in [0.4, 0.5) is 17.6 Å². The van der Waals surface area contributed by atoms with E-state index in [-0.39, 0.29) is 35.7 Å². The minimum atomic E-state index is -3.05. The lowest BCUT2D eigenvalue weighted by Gasteiger charge is -2.23. The van der Waals surface area contributed by atoms with E-state index in [1.165, 1.54) is 42.4 Å². The predicted molar refractivity (Wildman–Crippen MR) is 118 cm³/mol. The van der Waals surface area contributed by atoms with Crippen molar-refractivity contribution in [2.24, 2.45) is 7.05 Å². The van der Waals surface area contributed by atoms with Crippen molar-refractivity contribution in [3.05, 3.63) is 83.0 Å². The second-order valence-corrected chi connectivity index (χ2v) is 7.52. The zero-order valence-corrected chi connectivity index (χ0v) is 18.8. The van der Waals surface area contributed by atoms with Crippen LogP contribution in [-0.2, 0) is 13.6 Å². The molecule has 0 saturated carbocycles. The van der Waals surface area contributed by atoms with Gasteiger partial charge < -0.3 is 18.9 Å². The van der Waals surface area contributed by atoms with Gasteiger partial charge in [0.25, 0.3) is 5.91 Å². The minimum Gasteiger partial charge on any atom is -0.493 e. The summed E-state index contributed by atoms with van der Waals surface area (Å²) in [6.45, 7) is -1.12. The first-order valence-electron chi connectivity index (χ1n) is 10.2. The summed E-state index contributed by atoms with van der Waals surface area (Å²) in [5, 5.41) is 0. The topological polar surface area (TPSA) is 56.6 Å². The van der Waals surface area contributed by atoms with Crippen molar-refractivity contribution in [3.63, 3.8) is 0 Å². The zero-order chi connectivity index (χ0) is 24.8. The van der Waals surface area contributed by atoms with Crippen molar-refractivity contribution in [3.8, 4) is 11.5 Å². The molecule has 0 aliphatic heterocycles. The van der Waals surface area contributed by atoms with Crippen molar-refractivity contribution in [2.45, 2.75) is 20.1 Å². The number of amides is 1. The van der Waals surface area contributed by atoms with E-state index in [0.717, 1.165) is 12.1 Å². The Balaban J connectivity index is 1.91. The van der Waals surface area contributed by atoms with Gasteiger partial charge in [-0.15, -0.1) is 0 Å². The van der Waals surface area contributed by atoms with E-state index in [4.69, 9.17) is 4.74 Å². The number of methoxy groups -OCH3 is 1. The van der Waals surface area contributed by atoms with E-state index >= 15 is 0 Å². The first-order chi connectivity index (χ1) is 16.2. The third-order valence-corrected chi connectivity index (χ3v) is 4.97. The normalized spacial score (nSPS) is 11.6. The summed E-state index contributed by atoms with van der Waals surface area (Å²) in [4.78, 5) is 19.1. The molecular weight excluding hydrogens is 454 g/mol. The summed E-state index contributed by atoms with van der Waals surface area (Å²) in [6.07, 6.45) is 4.84. The van der Waals surface area contributed by atoms with Gasteiger partial charge in [0, 0.05) is 43.2 Å². The maximum absolute atomic E-state index is 14.1. The van der Waals surface area contributed by atoms with Gasteiger partial charge in [0.05, 0.1) is 13.7 Å². The molecule has 0 spiro atoms. The fourth-order valence-corrected chi connectivity index (χ4v) is 3.33. The quantitative estimate of drug-likeness (QED) is 0.405. The van der Waals surface area contributed by atoms with Crippen LogP contribution in [0, 0.1) is 11.6 Å². The second-order valence-electron chi connectivity index (χ2n) is 7.52. The van der Waals surface area contributed by atoms with Crippen LogP contribution in [-0.4, -0.2) is 40.6 Å². The average Bonchev–Trinajstić information content (AvgIpc) is 3.19. The highest BCUT2D eigenvalue weighted by Gasteiger charge is 2.21. The lowest BCUT2D eigenvalue weighted by molar-refractivity contribution is -0.0512. The molecule has 0 atom stereocenters. The van der Waals surface area contributed by atoms with Crippen LogP contribution in [0.1, 0.15) is 28.7 Å². The van der Waals surface area contributed by atoms with Gasteiger partial charge in [-0.1, -0.05) is 11.6 Å². The van der Waals surface area contributed by atoms with Gasteiger partial charge in [-0.25, -0.2) is 13.8 Å². The third kappa shape index (κ3) is 6.15. The first-order valence-corrected chi connectivity index (χ1v) is 10.2. The Labute approximate surface area is 194 Å². The smallest absolute Gasteiger partial charge is 0.387 e. The van der Waals surface area contributed by atoms with Gasteiger partial charge in [-0.2, -0.15) is 8.78 Å². The molecule has 2 aromatic carbocycles. The number of nitrogens with zero attached hydrogens (tertiary/aromatic N) is 3. The number of ether oxygens (including phenoxy) is 2. The van der Waals surface area contributed by atoms with Crippen LogP contribution in [0.15, 0.2) is 54.4 Å². The summed E-state index contributed by atoms with van der Waals surface area (Å²) in [5.41, 5.74) is 0.976. The maximum atomic E-state index is 14.1. The van der Waals surface area contributed by atoms with Crippen LogP contribution >= 0.6 is 0 Å². The Bertz CT molecular complexity index is 1190. The molecule has 1 aromatic heterocycles. The Hall–Kier alpha value is -3.82. The summed E-state index contributed by atoms with van der Waals surface area (Å²) in [6, 6.07) is 7.13. The summed E-state index contributed by atoms with van der Waals surface area (Å²) < 4.78 is 63.8. The maximum Gasteiger partial charge on any atom is 0.387 e. The SMILES string of the molecule is COc1cc(C(=O)N(C/C(C)=C/c2ccc(F)cc2F)Cc2nccn2C)ccc1OC(F)F. The molecule has 0 saturated heterocycles. The molecule has 1 heterocycles. The number of hydrogen-bond donors (Lipinski definition) is 0. The summed E-state index contributed by atoms with van der Waals surface area (Å²) >= 11 is 0. The standard InChI is InChI=1S/C24H23F4N3O3/c1-15(10-16-4-6-18(25)12-19(16)26)13-31(14-22-29-8-9-30(22)2)23(32)17-5-7-20(34-24(27)28)21(11-17)33-3/h4-12,24H,13-14H2,1-3H3/b15-10+. The molecule has 3 rings (SSSR count). The monoisotopic (exact) mass is 477 g/mol. The molecular formula is C24H23F4N3O3. The number of imidazole rings is 1. The number of aromatic nitrogens is 2. The highest BCUT2D eigenvalue weighted by Crippen LogP contribution is 2.30. The van der Waals surface area contributed by atoms with E-state index in [9.17, 15) is 22.4 Å². The number of halogens is 4. The van der Waals surface area contributed by atoms with Crippen molar-refractivity contribution in [1.29, 1.82) is 0 Å². The largest absolute Gasteiger partial charge is 0.493 e. The first kappa shape index (κ1) is 24.8. The van der Waals surface area contributed by atoms with Crippen molar-refractivity contribution in [1.82, 2.24) is 14.5 Å². The predicted octanol–water partition coefficient (Wildman–Crippen LogP) is 5.05. The zero-order valence-electron chi connectivity index (χ0n) is 18.8. The van der Waals surface area contributed by atoms with Crippen LogP contribution in [0.3, 0.4) is 0 Å². The van der Waals surface area contributed by atoms with Gasteiger partial charge in [-0.3, -0.25) is 4.79 Å². The van der Waals surface area contributed by atoms with Gasteiger partial charge >= 0.3 is 6.61 Å². The molecule has 0 radical (unpaired) electrons. The van der Waals surface area contributed by atoms with Crippen LogP contribution in [0.2, 0.25) is 0 Å². The molecule has 6 nitrogen and oxygen atoms in total. The molecule has 34 heavy (non-hydrogen) atoms. The van der Waals surface area contributed by atoms with Gasteiger partial charge in [0.15, 0.2) is 11.5 Å². The van der Waals surface area contributed by atoms with Crippen molar-refractivity contribution in [2.75, 3.05) is 13.7 Å². The number of hydrogen-bond acceptors (Lipinski definition) is 4. The molecule has 0 N–H and O–H groups in total. The number of alkyl halides is 2. The molecule has 0 bridgehead atoms. The number of carbonyl (C=O) groups excluding carboxylic acids is 1. The van der Waals surface area contributed by atoms with E-state index in [2.05, 4.69) is 9.72 Å². The lowest BCUT2D eigenvalue weighted by Crippen LogP contribution is -2.33. The molecule has 0 aliphatic rings. The molecule has 0 fully saturated rings. The number of rotatable bonds is 9. The molecule has 0 unspecified atom stereocenters. The minimum absolute atomic E-state index is 0.0243. The fraction of sp³-hybridized carbons (Fsp3) is 0.250. The van der Waals surface area contributed by atoms with Gasteiger partial charge in [0.2, 0.25) is 0 Å². The lowest BCUT2D eigenvalue weighted by atomic mass is 10.1. The number of aryl methyl sites for hydroxylation is 1. The van der Waals surface area contributed by atoms with E-state index in [1.54, 1.807) is 30.9 Å². The highest BCUT2D eigenvalue weighted by molar-refractivity contribution is 5.95. The van der Waals surface area contributed by atoms with E-state index < -0.39 is 24.2 Å². The second kappa shape index (κ2) is 10.9. The molecule has 180 valence electrons. The van der Waals surface area contributed by atoms with Gasteiger partial charge in [0.1, 0.15) is 17.5 Å². The van der Waals surface area contributed by atoms with Crippen LogP contribution in [0.5, 0.6) is 11.5 Å². The average molecular weight is 477 g/mol. The molecule has 3 aromatic rings. The number of carbonyl (C=O) groups is 1. The Morgan fingerprint density at radius 2 is 1.94 bits per heavy atom. The summed E-state index contributed by atoms with van der Waals surface area (Å²) in [5.74, 6) is -1.47. The summed E-state index contributed by atoms with van der Waals surface area (Å²) in [7, 11) is 3.05. The Kier molecular flexibility index (Phi) is 7.93. The Morgan fingerprint density at radius 1 is 1.18 bits per heavy atom. The highest BCUT2D eigenvalue weighted by atomic mass is 19.3. The van der Waals surface area contributed by atoms with Crippen LogP contribution < -0.4 is 9.47 Å². The Morgan fingerprint density at radius 3 is 2.56 bits per heavy atom. The molecule has 10 heteroatoms. The molecule has 0 aliphatic carbocycles. The number of benzene rings is 2. The van der Waals surface area contributed by atoms with E-state index in [1.807, 2.05) is 0 Å². The van der Waals surface area contributed by atoms with Gasteiger partial charge in [-0.05, 0) is 37.3 Å². The molecule has 1 amide bonds.